The summed E-state index contributed by atoms with van der Waals surface area (Å²) in [4.78, 5) is 34.2. The first kappa shape index (κ1) is 20.1. The molecule has 1 aliphatic rings. The summed E-state index contributed by atoms with van der Waals surface area (Å²) in [5.41, 5.74) is 6.38. The first-order valence-corrected chi connectivity index (χ1v) is 9.93. The standard InChI is InChI=1S/C19H21FN4O3S/c1-2-27-18(26)14-9-22-19(23-17(14)21)28-11-16(25)24(13-7-8-13)10-12-5-3-4-6-15(12)20/h3-6,9,13H,2,7-8,10-11H2,1H3,(H2,21,22,23). The molecular weight excluding hydrogens is 383 g/mol. The number of carbonyl (C=O) groups is 2. The number of amides is 1. The second-order valence-corrected chi connectivity index (χ2v) is 7.25. The summed E-state index contributed by atoms with van der Waals surface area (Å²) < 4.78 is 18.8. The van der Waals surface area contributed by atoms with E-state index < -0.39 is 5.97 Å². The molecule has 0 atom stereocenters. The number of anilines is 1. The molecule has 0 bridgehead atoms. The number of benzene rings is 1. The molecule has 1 aromatic heterocycles. The Hall–Kier alpha value is -2.68. The number of hydrogen-bond donors (Lipinski definition) is 1. The van der Waals surface area contributed by atoms with Gasteiger partial charge in [-0.25, -0.2) is 19.2 Å². The molecule has 1 amide bonds. The van der Waals surface area contributed by atoms with Gasteiger partial charge < -0.3 is 15.4 Å². The van der Waals surface area contributed by atoms with Crippen LogP contribution in [-0.4, -0.2) is 45.1 Å². The van der Waals surface area contributed by atoms with Crippen molar-refractivity contribution in [2.75, 3.05) is 18.1 Å². The average Bonchev–Trinajstić information content (AvgIpc) is 3.50. The van der Waals surface area contributed by atoms with Gasteiger partial charge in [0.05, 0.1) is 12.4 Å². The monoisotopic (exact) mass is 404 g/mol. The number of nitrogen functional groups attached to an aromatic ring is 1. The number of hydrogen-bond acceptors (Lipinski definition) is 7. The van der Waals surface area contributed by atoms with Crippen molar-refractivity contribution in [1.29, 1.82) is 0 Å². The van der Waals surface area contributed by atoms with Gasteiger partial charge in [-0.15, -0.1) is 0 Å². The predicted molar refractivity (Wildman–Crippen MR) is 103 cm³/mol. The Kier molecular flexibility index (Phi) is 6.45. The third kappa shape index (κ3) is 4.98. The zero-order chi connectivity index (χ0) is 20.1. The normalized spacial score (nSPS) is 13.2. The minimum atomic E-state index is -0.586. The van der Waals surface area contributed by atoms with Crippen LogP contribution in [0.25, 0.3) is 0 Å². The van der Waals surface area contributed by atoms with E-state index >= 15 is 0 Å². The van der Waals surface area contributed by atoms with Gasteiger partial charge in [0.15, 0.2) is 5.16 Å². The number of rotatable bonds is 8. The van der Waals surface area contributed by atoms with Crippen LogP contribution in [0.2, 0.25) is 0 Å². The predicted octanol–water partition coefficient (Wildman–Crippen LogP) is 2.66. The maximum absolute atomic E-state index is 13.9. The third-order valence-corrected chi connectivity index (χ3v) is 5.07. The van der Waals surface area contributed by atoms with Crippen molar-refractivity contribution >= 4 is 29.5 Å². The Labute approximate surface area is 166 Å². The lowest BCUT2D eigenvalue weighted by atomic mass is 10.2. The Balaban J connectivity index is 1.62. The van der Waals surface area contributed by atoms with E-state index in [1.54, 1.807) is 30.0 Å². The van der Waals surface area contributed by atoms with Crippen LogP contribution < -0.4 is 5.73 Å². The zero-order valence-electron chi connectivity index (χ0n) is 15.4. The highest BCUT2D eigenvalue weighted by Crippen LogP contribution is 2.30. The Morgan fingerprint density at radius 3 is 2.75 bits per heavy atom. The molecule has 0 spiro atoms. The molecule has 28 heavy (non-hydrogen) atoms. The highest BCUT2D eigenvalue weighted by molar-refractivity contribution is 7.99. The molecular formula is C19H21FN4O3S. The van der Waals surface area contributed by atoms with Crippen molar-refractivity contribution in [3.63, 3.8) is 0 Å². The number of nitrogens with two attached hydrogens (primary N) is 1. The maximum atomic E-state index is 13.9. The largest absolute Gasteiger partial charge is 0.462 e. The topological polar surface area (TPSA) is 98.4 Å². The van der Waals surface area contributed by atoms with Gasteiger partial charge in [-0.1, -0.05) is 30.0 Å². The molecule has 0 saturated heterocycles. The number of esters is 1. The fourth-order valence-corrected chi connectivity index (χ4v) is 3.35. The van der Waals surface area contributed by atoms with Crippen LogP contribution in [0.15, 0.2) is 35.6 Å². The lowest BCUT2D eigenvalue weighted by molar-refractivity contribution is -0.129. The quantitative estimate of drug-likeness (QED) is 0.410. The van der Waals surface area contributed by atoms with Gasteiger partial charge in [-0.2, -0.15) is 0 Å². The number of aromatic nitrogens is 2. The first-order chi connectivity index (χ1) is 13.5. The molecule has 3 rings (SSSR count). The first-order valence-electron chi connectivity index (χ1n) is 8.95. The zero-order valence-corrected chi connectivity index (χ0v) is 16.2. The van der Waals surface area contributed by atoms with Gasteiger partial charge in [-0.3, -0.25) is 4.79 Å². The molecule has 9 heteroatoms. The second-order valence-electron chi connectivity index (χ2n) is 6.30. The second kappa shape index (κ2) is 9.01. The molecule has 0 aliphatic heterocycles. The molecule has 1 heterocycles. The van der Waals surface area contributed by atoms with Crippen molar-refractivity contribution in [3.8, 4) is 0 Å². The van der Waals surface area contributed by atoms with E-state index in [0.29, 0.717) is 10.7 Å². The van der Waals surface area contributed by atoms with E-state index in [1.165, 1.54) is 12.3 Å². The lowest BCUT2D eigenvalue weighted by Crippen LogP contribution is -2.34. The molecule has 148 valence electrons. The third-order valence-electron chi connectivity index (χ3n) is 4.22. The summed E-state index contributed by atoms with van der Waals surface area (Å²) in [5.74, 6) is -0.916. The number of nitrogens with zero attached hydrogens (tertiary/aromatic N) is 3. The number of ether oxygens (including phenoxy) is 1. The summed E-state index contributed by atoms with van der Waals surface area (Å²) in [6, 6.07) is 6.60. The number of carbonyl (C=O) groups excluding carboxylic acids is 2. The molecule has 1 fully saturated rings. The summed E-state index contributed by atoms with van der Waals surface area (Å²) in [6.07, 6.45) is 3.14. The van der Waals surface area contributed by atoms with Crippen molar-refractivity contribution in [1.82, 2.24) is 14.9 Å². The molecule has 2 aromatic rings. The van der Waals surface area contributed by atoms with E-state index in [4.69, 9.17) is 10.5 Å². The van der Waals surface area contributed by atoms with E-state index in [0.717, 1.165) is 24.6 Å². The highest BCUT2D eigenvalue weighted by Gasteiger charge is 2.33. The average molecular weight is 404 g/mol. The van der Waals surface area contributed by atoms with Crippen LogP contribution in [0.1, 0.15) is 35.7 Å². The van der Waals surface area contributed by atoms with E-state index in [1.807, 2.05) is 0 Å². The van der Waals surface area contributed by atoms with Crippen LogP contribution in [-0.2, 0) is 16.1 Å². The fourth-order valence-electron chi connectivity index (χ4n) is 2.64. The van der Waals surface area contributed by atoms with Crippen LogP contribution >= 0.6 is 11.8 Å². The Morgan fingerprint density at radius 2 is 2.11 bits per heavy atom. The van der Waals surface area contributed by atoms with Gasteiger partial charge in [0.25, 0.3) is 0 Å². The van der Waals surface area contributed by atoms with Gasteiger partial charge in [-0.05, 0) is 25.8 Å². The van der Waals surface area contributed by atoms with Crippen molar-refractivity contribution in [2.45, 2.75) is 37.5 Å². The minimum absolute atomic E-state index is 0.00815. The van der Waals surface area contributed by atoms with E-state index in [9.17, 15) is 14.0 Å². The van der Waals surface area contributed by atoms with Crippen molar-refractivity contribution in [2.24, 2.45) is 0 Å². The van der Waals surface area contributed by atoms with E-state index in [-0.39, 0.29) is 48.1 Å². The smallest absolute Gasteiger partial charge is 0.343 e. The molecule has 0 radical (unpaired) electrons. The highest BCUT2D eigenvalue weighted by atomic mass is 32.2. The van der Waals surface area contributed by atoms with Crippen LogP contribution in [0.3, 0.4) is 0 Å². The summed E-state index contributed by atoms with van der Waals surface area (Å²) >= 11 is 1.13. The van der Waals surface area contributed by atoms with Gasteiger partial charge in [0.1, 0.15) is 17.2 Å². The summed E-state index contributed by atoms with van der Waals surface area (Å²) in [5, 5.41) is 0.292. The van der Waals surface area contributed by atoms with Gasteiger partial charge in [0, 0.05) is 24.3 Å². The van der Waals surface area contributed by atoms with Crippen LogP contribution in [0, 0.1) is 5.82 Å². The lowest BCUT2D eigenvalue weighted by Gasteiger charge is -2.22. The Morgan fingerprint density at radius 1 is 1.36 bits per heavy atom. The maximum Gasteiger partial charge on any atom is 0.343 e. The molecule has 2 N–H and O–H groups in total. The van der Waals surface area contributed by atoms with Crippen LogP contribution in [0.5, 0.6) is 0 Å². The fraction of sp³-hybridized carbons (Fsp3) is 0.368. The van der Waals surface area contributed by atoms with Crippen LogP contribution in [0.4, 0.5) is 10.2 Å². The SMILES string of the molecule is CCOC(=O)c1cnc(SCC(=O)N(Cc2ccccc2F)C2CC2)nc1N. The number of thioether (sulfide) groups is 1. The van der Waals surface area contributed by atoms with Crippen molar-refractivity contribution in [3.05, 3.63) is 47.4 Å². The van der Waals surface area contributed by atoms with Gasteiger partial charge >= 0.3 is 5.97 Å². The summed E-state index contributed by atoms with van der Waals surface area (Å²) in [6.45, 7) is 2.15. The number of halogens is 1. The minimum Gasteiger partial charge on any atom is -0.462 e. The summed E-state index contributed by atoms with van der Waals surface area (Å²) in [7, 11) is 0. The molecule has 1 aromatic carbocycles. The van der Waals surface area contributed by atoms with Crippen molar-refractivity contribution < 1.29 is 18.7 Å². The molecule has 7 nitrogen and oxygen atoms in total. The Bertz CT molecular complexity index is 876. The van der Waals surface area contributed by atoms with Gasteiger partial charge in [0.2, 0.25) is 5.91 Å². The van der Waals surface area contributed by atoms with E-state index in [2.05, 4.69) is 9.97 Å². The molecule has 1 saturated carbocycles. The molecule has 0 unspecified atom stereocenters. The molecule has 1 aliphatic carbocycles.